The van der Waals surface area contributed by atoms with Gasteiger partial charge in [0.05, 0.1) is 0 Å². The minimum absolute atomic E-state index is 0.783. The maximum absolute atomic E-state index is 5.82. The maximum atomic E-state index is 5.82. The standard InChI is InChI=1S/C12H12ClNS/c1-9-7-15-8-12(9)14-6-10-2-4-11(13)5-3-10/h2-5,7-8,14H,6H2,1H3. The first-order valence-electron chi connectivity index (χ1n) is 4.77. The van der Waals surface area contributed by atoms with Crippen LogP contribution in [0.25, 0.3) is 0 Å². The summed E-state index contributed by atoms with van der Waals surface area (Å²) in [6.07, 6.45) is 0. The molecule has 1 heterocycles. The van der Waals surface area contributed by atoms with Crippen LogP contribution in [0.15, 0.2) is 35.0 Å². The number of benzene rings is 1. The van der Waals surface area contributed by atoms with Gasteiger partial charge in [-0.2, -0.15) is 0 Å². The number of thiophene rings is 1. The molecular weight excluding hydrogens is 226 g/mol. The van der Waals surface area contributed by atoms with Gasteiger partial charge < -0.3 is 5.32 Å². The molecule has 1 nitrogen and oxygen atoms in total. The summed E-state index contributed by atoms with van der Waals surface area (Å²) in [7, 11) is 0. The average molecular weight is 238 g/mol. The van der Waals surface area contributed by atoms with Crippen molar-refractivity contribution >= 4 is 28.6 Å². The molecule has 0 atom stereocenters. The first-order chi connectivity index (χ1) is 7.25. The van der Waals surface area contributed by atoms with E-state index in [2.05, 4.69) is 23.0 Å². The van der Waals surface area contributed by atoms with E-state index in [1.54, 1.807) is 11.3 Å². The zero-order valence-corrected chi connectivity index (χ0v) is 10.0. The Kier molecular flexibility index (Phi) is 3.29. The van der Waals surface area contributed by atoms with Crippen LogP contribution < -0.4 is 5.32 Å². The molecule has 0 spiro atoms. The summed E-state index contributed by atoms with van der Waals surface area (Å²) >= 11 is 7.54. The summed E-state index contributed by atoms with van der Waals surface area (Å²) in [5.74, 6) is 0. The lowest BCUT2D eigenvalue weighted by Gasteiger charge is -2.05. The first-order valence-corrected chi connectivity index (χ1v) is 6.09. The fourth-order valence-electron chi connectivity index (χ4n) is 1.34. The topological polar surface area (TPSA) is 12.0 Å². The van der Waals surface area contributed by atoms with Crippen LogP contribution in [0.4, 0.5) is 5.69 Å². The van der Waals surface area contributed by atoms with E-state index in [1.807, 2.05) is 24.3 Å². The highest BCUT2D eigenvalue weighted by Crippen LogP contribution is 2.20. The second-order valence-electron chi connectivity index (χ2n) is 3.45. The van der Waals surface area contributed by atoms with Crippen molar-refractivity contribution in [2.24, 2.45) is 0 Å². The van der Waals surface area contributed by atoms with E-state index in [1.165, 1.54) is 16.8 Å². The zero-order chi connectivity index (χ0) is 10.7. The second kappa shape index (κ2) is 4.69. The molecule has 0 amide bonds. The lowest BCUT2D eigenvalue weighted by Crippen LogP contribution is -1.98. The van der Waals surface area contributed by atoms with Gasteiger partial charge in [-0.3, -0.25) is 0 Å². The second-order valence-corrected chi connectivity index (χ2v) is 4.63. The number of hydrogen-bond acceptors (Lipinski definition) is 2. The Morgan fingerprint density at radius 3 is 2.53 bits per heavy atom. The highest BCUT2D eigenvalue weighted by molar-refractivity contribution is 7.08. The van der Waals surface area contributed by atoms with Gasteiger partial charge in [0.1, 0.15) is 0 Å². The van der Waals surface area contributed by atoms with E-state index in [0.717, 1.165) is 11.6 Å². The number of aryl methyl sites for hydroxylation is 1. The van der Waals surface area contributed by atoms with Gasteiger partial charge in [0.25, 0.3) is 0 Å². The average Bonchev–Trinajstić information content (AvgIpc) is 2.63. The summed E-state index contributed by atoms with van der Waals surface area (Å²) in [6, 6.07) is 7.91. The van der Waals surface area contributed by atoms with Gasteiger partial charge in [0.2, 0.25) is 0 Å². The molecule has 0 aliphatic heterocycles. The lowest BCUT2D eigenvalue weighted by atomic mass is 10.2. The van der Waals surface area contributed by atoms with E-state index in [9.17, 15) is 0 Å². The third kappa shape index (κ3) is 2.74. The highest BCUT2D eigenvalue weighted by atomic mass is 35.5. The molecule has 3 heteroatoms. The fourth-order valence-corrected chi connectivity index (χ4v) is 2.27. The van der Waals surface area contributed by atoms with E-state index in [4.69, 9.17) is 11.6 Å². The molecule has 0 radical (unpaired) electrons. The Morgan fingerprint density at radius 2 is 1.93 bits per heavy atom. The van der Waals surface area contributed by atoms with Crippen LogP contribution >= 0.6 is 22.9 Å². The van der Waals surface area contributed by atoms with Crippen molar-refractivity contribution in [3.05, 3.63) is 51.2 Å². The number of nitrogens with one attached hydrogen (secondary N) is 1. The van der Waals surface area contributed by atoms with Crippen LogP contribution in [0.5, 0.6) is 0 Å². The van der Waals surface area contributed by atoms with Crippen LogP contribution in [-0.2, 0) is 6.54 Å². The van der Waals surface area contributed by atoms with Crippen molar-refractivity contribution < 1.29 is 0 Å². The number of anilines is 1. The predicted molar refractivity (Wildman–Crippen MR) is 67.8 cm³/mol. The number of rotatable bonds is 3. The molecule has 78 valence electrons. The molecule has 0 aliphatic carbocycles. The van der Waals surface area contributed by atoms with Crippen molar-refractivity contribution in [3.8, 4) is 0 Å². The van der Waals surface area contributed by atoms with Gasteiger partial charge in [0.15, 0.2) is 0 Å². The van der Waals surface area contributed by atoms with Crippen LogP contribution in [0.3, 0.4) is 0 Å². The molecule has 0 aliphatic rings. The molecule has 2 aromatic rings. The van der Waals surface area contributed by atoms with E-state index in [-0.39, 0.29) is 0 Å². The van der Waals surface area contributed by atoms with Gasteiger partial charge in [-0.25, -0.2) is 0 Å². The summed E-state index contributed by atoms with van der Waals surface area (Å²) in [4.78, 5) is 0. The van der Waals surface area contributed by atoms with Crippen molar-refractivity contribution in [1.29, 1.82) is 0 Å². The SMILES string of the molecule is Cc1cscc1NCc1ccc(Cl)cc1. The van der Waals surface area contributed by atoms with Crippen molar-refractivity contribution in [3.63, 3.8) is 0 Å². The van der Waals surface area contributed by atoms with Crippen LogP contribution in [-0.4, -0.2) is 0 Å². The van der Waals surface area contributed by atoms with Crippen LogP contribution in [0, 0.1) is 6.92 Å². The van der Waals surface area contributed by atoms with Gasteiger partial charge in [-0.1, -0.05) is 23.7 Å². The van der Waals surface area contributed by atoms with Crippen molar-refractivity contribution in [1.82, 2.24) is 0 Å². The Balaban J connectivity index is 1.99. The molecule has 2 rings (SSSR count). The minimum Gasteiger partial charge on any atom is -0.380 e. The molecule has 15 heavy (non-hydrogen) atoms. The largest absolute Gasteiger partial charge is 0.380 e. The van der Waals surface area contributed by atoms with Crippen LogP contribution in [0.2, 0.25) is 5.02 Å². The molecule has 0 fully saturated rings. The lowest BCUT2D eigenvalue weighted by molar-refractivity contribution is 1.15. The Hall–Kier alpha value is -0.990. The monoisotopic (exact) mass is 237 g/mol. The van der Waals surface area contributed by atoms with Gasteiger partial charge >= 0.3 is 0 Å². The quantitative estimate of drug-likeness (QED) is 0.838. The van der Waals surface area contributed by atoms with Gasteiger partial charge in [-0.05, 0) is 35.6 Å². The van der Waals surface area contributed by atoms with E-state index in [0.29, 0.717) is 0 Å². The first kappa shape index (κ1) is 10.5. The summed E-state index contributed by atoms with van der Waals surface area (Å²) in [5.41, 5.74) is 3.76. The highest BCUT2D eigenvalue weighted by Gasteiger charge is 1.98. The summed E-state index contributed by atoms with van der Waals surface area (Å²) in [5, 5.41) is 8.45. The molecular formula is C12H12ClNS. The number of halogens is 1. The Labute approximate surface area is 98.7 Å². The summed E-state index contributed by atoms with van der Waals surface area (Å²) < 4.78 is 0. The third-order valence-electron chi connectivity index (χ3n) is 2.25. The predicted octanol–water partition coefficient (Wildman–Crippen LogP) is 4.32. The molecule has 1 aromatic carbocycles. The molecule has 0 unspecified atom stereocenters. The minimum atomic E-state index is 0.783. The maximum Gasteiger partial charge on any atom is 0.0481 e. The third-order valence-corrected chi connectivity index (χ3v) is 3.37. The Bertz CT molecular complexity index is 433. The van der Waals surface area contributed by atoms with Gasteiger partial charge in [-0.15, -0.1) is 11.3 Å². The fraction of sp³-hybridized carbons (Fsp3) is 0.167. The zero-order valence-electron chi connectivity index (χ0n) is 8.46. The smallest absolute Gasteiger partial charge is 0.0481 e. The van der Waals surface area contributed by atoms with Crippen LogP contribution in [0.1, 0.15) is 11.1 Å². The molecule has 0 bridgehead atoms. The molecule has 0 saturated heterocycles. The number of hydrogen-bond donors (Lipinski definition) is 1. The normalized spacial score (nSPS) is 10.3. The molecule has 0 saturated carbocycles. The van der Waals surface area contributed by atoms with E-state index < -0.39 is 0 Å². The summed E-state index contributed by atoms with van der Waals surface area (Å²) in [6.45, 7) is 2.95. The molecule has 1 aromatic heterocycles. The van der Waals surface area contributed by atoms with Crippen molar-refractivity contribution in [2.45, 2.75) is 13.5 Å². The van der Waals surface area contributed by atoms with E-state index >= 15 is 0 Å². The molecule has 1 N–H and O–H groups in total. The van der Waals surface area contributed by atoms with Gasteiger partial charge in [0, 0.05) is 22.6 Å². The van der Waals surface area contributed by atoms with Crippen molar-refractivity contribution in [2.75, 3.05) is 5.32 Å². The Morgan fingerprint density at radius 1 is 1.20 bits per heavy atom.